The van der Waals surface area contributed by atoms with Crippen LogP contribution in [0.25, 0.3) is 11.4 Å². The molecule has 1 aliphatic rings. The molecule has 0 aliphatic carbocycles. The highest BCUT2D eigenvalue weighted by Crippen LogP contribution is 2.34. The molecule has 2 aromatic carbocycles. The van der Waals surface area contributed by atoms with E-state index in [-0.39, 0.29) is 18.6 Å². The lowest BCUT2D eigenvalue weighted by Gasteiger charge is -2.21. The Morgan fingerprint density at radius 2 is 2.00 bits per heavy atom. The molecule has 1 amide bonds. The van der Waals surface area contributed by atoms with Crippen LogP contribution in [0.2, 0.25) is 0 Å². The van der Waals surface area contributed by atoms with E-state index >= 15 is 0 Å². The first-order chi connectivity index (χ1) is 15.1. The summed E-state index contributed by atoms with van der Waals surface area (Å²) < 4.78 is 21.8. The average molecular weight is 423 g/mol. The van der Waals surface area contributed by atoms with Gasteiger partial charge in [0.1, 0.15) is 11.8 Å². The minimum atomic E-state index is -0.255. The molecule has 1 aromatic heterocycles. The van der Waals surface area contributed by atoms with Crippen molar-refractivity contribution in [3.05, 3.63) is 53.9 Å². The lowest BCUT2D eigenvalue weighted by Crippen LogP contribution is -2.34. The van der Waals surface area contributed by atoms with Crippen molar-refractivity contribution in [1.29, 1.82) is 0 Å². The van der Waals surface area contributed by atoms with Gasteiger partial charge in [-0.2, -0.15) is 4.98 Å². The fraction of sp³-hybridized carbons (Fsp3) is 0.348. The molecule has 8 nitrogen and oxygen atoms in total. The molecule has 1 saturated heterocycles. The average Bonchev–Trinajstić information content (AvgIpc) is 3.46. The number of methoxy groups -OCH3 is 2. The standard InChI is InChI=1S/C23H25N3O5/c1-15-6-4-7-17(12-15)30-14-21(27)26-11-5-8-18(26)23-24-22(25-31-23)16-9-10-19(28-2)20(13-16)29-3/h4,6-7,9-10,12-13,18H,5,8,11,14H2,1-3H3/t18-/m1/s1. The van der Waals surface area contributed by atoms with Gasteiger partial charge in [-0.05, 0) is 55.7 Å². The molecule has 4 rings (SSSR count). The Kier molecular flexibility index (Phi) is 6.06. The predicted octanol–water partition coefficient (Wildman–Crippen LogP) is 3.80. The second-order valence-corrected chi connectivity index (χ2v) is 7.38. The van der Waals surface area contributed by atoms with Crippen molar-refractivity contribution in [2.75, 3.05) is 27.4 Å². The summed E-state index contributed by atoms with van der Waals surface area (Å²) in [6.45, 7) is 2.59. The van der Waals surface area contributed by atoms with Crippen LogP contribution in [-0.4, -0.2) is 48.3 Å². The lowest BCUT2D eigenvalue weighted by molar-refractivity contribution is -0.134. The summed E-state index contributed by atoms with van der Waals surface area (Å²) in [5.74, 6) is 2.64. The quantitative estimate of drug-likeness (QED) is 0.571. The molecule has 0 N–H and O–H groups in total. The number of ether oxygens (including phenoxy) is 3. The number of benzene rings is 2. The van der Waals surface area contributed by atoms with Crippen LogP contribution in [-0.2, 0) is 4.79 Å². The van der Waals surface area contributed by atoms with Crippen LogP contribution in [0.15, 0.2) is 47.0 Å². The van der Waals surface area contributed by atoms with E-state index in [0.717, 1.165) is 24.0 Å². The Hall–Kier alpha value is -3.55. The van der Waals surface area contributed by atoms with Crippen molar-refractivity contribution in [3.8, 4) is 28.6 Å². The van der Waals surface area contributed by atoms with Crippen LogP contribution in [0.1, 0.15) is 30.3 Å². The fourth-order valence-corrected chi connectivity index (χ4v) is 3.72. The SMILES string of the molecule is COc1ccc(-c2noc([C@H]3CCCN3C(=O)COc3cccc(C)c3)n2)cc1OC. The van der Waals surface area contributed by atoms with E-state index in [1.165, 1.54) is 0 Å². The zero-order chi connectivity index (χ0) is 21.8. The number of carbonyl (C=O) groups excluding carboxylic acids is 1. The van der Waals surface area contributed by atoms with Gasteiger partial charge in [-0.1, -0.05) is 17.3 Å². The highest BCUT2D eigenvalue weighted by Gasteiger charge is 2.34. The van der Waals surface area contributed by atoms with E-state index < -0.39 is 0 Å². The molecule has 0 saturated carbocycles. The van der Waals surface area contributed by atoms with E-state index in [2.05, 4.69) is 10.1 Å². The maximum absolute atomic E-state index is 12.8. The molecule has 2 heterocycles. The van der Waals surface area contributed by atoms with Gasteiger partial charge in [-0.25, -0.2) is 0 Å². The zero-order valence-corrected chi connectivity index (χ0v) is 17.8. The van der Waals surface area contributed by atoms with Gasteiger partial charge in [0.2, 0.25) is 11.7 Å². The topological polar surface area (TPSA) is 86.9 Å². The molecule has 0 unspecified atom stereocenters. The molecule has 1 fully saturated rings. The predicted molar refractivity (Wildman–Crippen MR) is 113 cm³/mol. The summed E-state index contributed by atoms with van der Waals surface area (Å²) in [6, 6.07) is 12.8. The van der Waals surface area contributed by atoms with Gasteiger partial charge in [0, 0.05) is 12.1 Å². The number of hydrogen-bond acceptors (Lipinski definition) is 7. The lowest BCUT2D eigenvalue weighted by atomic mass is 10.2. The van der Waals surface area contributed by atoms with Gasteiger partial charge in [-0.3, -0.25) is 4.79 Å². The normalized spacial score (nSPS) is 15.7. The summed E-state index contributed by atoms with van der Waals surface area (Å²) >= 11 is 0. The first kappa shape index (κ1) is 20.7. The van der Waals surface area contributed by atoms with Gasteiger partial charge in [0.15, 0.2) is 18.1 Å². The molecule has 3 aromatic rings. The molecule has 0 bridgehead atoms. The minimum Gasteiger partial charge on any atom is -0.493 e. The third-order valence-electron chi connectivity index (χ3n) is 5.29. The first-order valence-corrected chi connectivity index (χ1v) is 10.1. The third-order valence-corrected chi connectivity index (χ3v) is 5.29. The van der Waals surface area contributed by atoms with E-state index in [9.17, 15) is 4.79 Å². The van der Waals surface area contributed by atoms with Crippen molar-refractivity contribution < 1.29 is 23.5 Å². The smallest absolute Gasteiger partial charge is 0.261 e. The highest BCUT2D eigenvalue weighted by molar-refractivity contribution is 5.78. The zero-order valence-electron chi connectivity index (χ0n) is 17.8. The number of aryl methyl sites for hydroxylation is 1. The second-order valence-electron chi connectivity index (χ2n) is 7.38. The van der Waals surface area contributed by atoms with Crippen LogP contribution in [0.5, 0.6) is 17.2 Å². The Morgan fingerprint density at radius 3 is 2.77 bits per heavy atom. The number of amides is 1. The summed E-state index contributed by atoms with van der Waals surface area (Å²) in [4.78, 5) is 19.1. The number of carbonyl (C=O) groups is 1. The van der Waals surface area contributed by atoms with E-state index in [1.54, 1.807) is 31.3 Å². The van der Waals surface area contributed by atoms with Crippen molar-refractivity contribution in [3.63, 3.8) is 0 Å². The van der Waals surface area contributed by atoms with Crippen LogP contribution in [0, 0.1) is 6.92 Å². The van der Waals surface area contributed by atoms with E-state index in [0.29, 0.717) is 35.5 Å². The van der Waals surface area contributed by atoms with Crippen molar-refractivity contribution in [2.24, 2.45) is 0 Å². The van der Waals surface area contributed by atoms with Gasteiger partial charge >= 0.3 is 0 Å². The van der Waals surface area contributed by atoms with E-state index in [4.69, 9.17) is 18.7 Å². The van der Waals surface area contributed by atoms with Gasteiger partial charge < -0.3 is 23.6 Å². The Morgan fingerprint density at radius 1 is 1.16 bits per heavy atom. The number of rotatable bonds is 7. The molecular weight excluding hydrogens is 398 g/mol. The van der Waals surface area contributed by atoms with Crippen molar-refractivity contribution in [1.82, 2.24) is 15.0 Å². The van der Waals surface area contributed by atoms with Crippen LogP contribution < -0.4 is 14.2 Å². The Bertz CT molecular complexity index is 1060. The van der Waals surface area contributed by atoms with Crippen molar-refractivity contribution >= 4 is 5.91 Å². The minimum absolute atomic E-state index is 0.0311. The van der Waals surface area contributed by atoms with Gasteiger partial charge in [0.25, 0.3) is 5.91 Å². The Balaban J connectivity index is 1.47. The molecule has 8 heteroatoms. The van der Waals surface area contributed by atoms with Crippen LogP contribution in [0.4, 0.5) is 0 Å². The third kappa shape index (κ3) is 4.47. The number of aromatic nitrogens is 2. The molecule has 0 spiro atoms. The molecular formula is C23H25N3O5. The number of hydrogen-bond donors (Lipinski definition) is 0. The Labute approximate surface area is 180 Å². The summed E-state index contributed by atoms with van der Waals surface area (Å²) in [5.41, 5.74) is 1.82. The molecule has 0 radical (unpaired) electrons. The summed E-state index contributed by atoms with van der Waals surface area (Å²) in [5, 5.41) is 4.11. The maximum atomic E-state index is 12.8. The fourth-order valence-electron chi connectivity index (χ4n) is 3.72. The number of nitrogens with zero attached hydrogens (tertiary/aromatic N) is 3. The molecule has 31 heavy (non-hydrogen) atoms. The summed E-state index contributed by atoms with van der Waals surface area (Å²) in [7, 11) is 3.16. The molecule has 1 aliphatic heterocycles. The first-order valence-electron chi connectivity index (χ1n) is 10.1. The van der Waals surface area contributed by atoms with Gasteiger partial charge in [-0.15, -0.1) is 0 Å². The largest absolute Gasteiger partial charge is 0.493 e. The number of likely N-dealkylation sites (tertiary alicyclic amines) is 1. The van der Waals surface area contributed by atoms with E-state index in [1.807, 2.05) is 37.3 Å². The maximum Gasteiger partial charge on any atom is 0.261 e. The second kappa shape index (κ2) is 9.07. The van der Waals surface area contributed by atoms with Crippen LogP contribution in [0.3, 0.4) is 0 Å². The highest BCUT2D eigenvalue weighted by atomic mass is 16.5. The van der Waals surface area contributed by atoms with Crippen LogP contribution >= 0.6 is 0 Å². The molecule has 162 valence electrons. The summed E-state index contributed by atoms with van der Waals surface area (Å²) in [6.07, 6.45) is 1.64. The molecule has 1 atom stereocenters. The monoisotopic (exact) mass is 423 g/mol. The van der Waals surface area contributed by atoms with Gasteiger partial charge in [0.05, 0.1) is 14.2 Å². The van der Waals surface area contributed by atoms with Crippen molar-refractivity contribution in [2.45, 2.75) is 25.8 Å².